The first kappa shape index (κ1) is 15.2. The highest BCUT2D eigenvalue weighted by atomic mass is 28.4. The maximum atomic E-state index is 5.90. The van der Waals surface area contributed by atoms with Gasteiger partial charge in [-0.3, -0.25) is 0 Å². The van der Waals surface area contributed by atoms with Gasteiger partial charge in [0.1, 0.15) is 0 Å². The zero-order valence-electron chi connectivity index (χ0n) is 11.7. The molecule has 0 bridgehead atoms. The van der Waals surface area contributed by atoms with E-state index in [9.17, 15) is 0 Å². The third kappa shape index (κ3) is 4.76. The summed E-state index contributed by atoms with van der Waals surface area (Å²) in [6.45, 7) is 8.78. The molecule has 0 saturated carbocycles. The molecule has 1 aromatic carbocycles. The maximum Gasteiger partial charge on any atom is 0.334 e. The van der Waals surface area contributed by atoms with Gasteiger partial charge in [0.25, 0.3) is 0 Å². The summed E-state index contributed by atoms with van der Waals surface area (Å²) in [7, 11) is -0.110. The van der Waals surface area contributed by atoms with E-state index in [4.69, 9.17) is 8.85 Å². The van der Waals surface area contributed by atoms with Crippen LogP contribution in [0.15, 0.2) is 30.8 Å². The van der Waals surface area contributed by atoms with Gasteiger partial charge in [-0.15, -0.1) is 0 Å². The van der Waals surface area contributed by atoms with Gasteiger partial charge >= 0.3 is 8.56 Å². The molecule has 0 radical (unpaired) electrons. The fraction of sp³-hybridized carbons (Fsp3) is 0.467. The zero-order valence-corrected chi connectivity index (χ0v) is 12.7. The Hall–Kier alpha value is -0.903. The summed E-state index contributed by atoms with van der Waals surface area (Å²) in [6, 6.07) is 9.51. The summed E-state index contributed by atoms with van der Waals surface area (Å²) in [5.41, 5.74) is 2.52. The topological polar surface area (TPSA) is 18.5 Å². The first-order valence-electron chi connectivity index (χ1n) is 6.54. The lowest BCUT2D eigenvalue weighted by Gasteiger charge is -2.23. The molecule has 0 saturated heterocycles. The molecular weight excluding hydrogens is 240 g/mol. The van der Waals surface area contributed by atoms with Crippen LogP contribution in [0.25, 0.3) is 6.08 Å². The van der Waals surface area contributed by atoms with Crippen molar-refractivity contribution in [2.24, 2.45) is 0 Å². The molecule has 1 aromatic rings. The Labute approximate surface area is 112 Å². The minimum Gasteiger partial charge on any atom is -0.398 e. The van der Waals surface area contributed by atoms with Crippen molar-refractivity contribution in [1.82, 2.24) is 0 Å². The second-order valence-corrected chi connectivity index (χ2v) is 8.26. The van der Waals surface area contributed by atoms with E-state index in [1.165, 1.54) is 11.1 Å². The van der Waals surface area contributed by atoms with Crippen LogP contribution in [0, 0.1) is 0 Å². The maximum absolute atomic E-state index is 5.90. The molecule has 0 aliphatic rings. The van der Waals surface area contributed by atoms with Gasteiger partial charge in [-0.25, -0.2) is 0 Å². The molecular formula is C15H24O2Si. The average molecular weight is 264 g/mol. The number of hydrogen-bond acceptors (Lipinski definition) is 2. The molecule has 0 spiro atoms. The first-order chi connectivity index (χ1) is 8.63. The second kappa shape index (κ2) is 7.51. The van der Waals surface area contributed by atoms with E-state index in [0.29, 0.717) is 0 Å². The normalized spacial score (nSPS) is 14.2. The summed E-state index contributed by atoms with van der Waals surface area (Å²) in [6.07, 6.45) is 3.96. The Bertz CT molecular complexity index is 355. The van der Waals surface area contributed by atoms with Crippen LogP contribution in [0.4, 0.5) is 0 Å². The SMILES string of the molecule is C=Cc1ccc(CCCO[Si](C)(CC)OC)cc1. The van der Waals surface area contributed by atoms with Crippen molar-refractivity contribution in [3.8, 4) is 0 Å². The molecule has 3 heteroatoms. The minimum absolute atomic E-state index is 0.785. The van der Waals surface area contributed by atoms with Gasteiger partial charge < -0.3 is 8.85 Å². The predicted molar refractivity (Wildman–Crippen MR) is 79.9 cm³/mol. The summed E-state index contributed by atoms with van der Waals surface area (Å²) < 4.78 is 11.4. The molecule has 0 heterocycles. The minimum atomic E-state index is -1.86. The standard InChI is InChI=1S/C15H24O2Si/c1-5-14-9-11-15(12-10-14)8-7-13-17-18(4,6-2)16-3/h5,9-12H,1,6-8,13H2,2-4H3. The molecule has 0 aromatic heterocycles. The van der Waals surface area contributed by atoms with Gasteiger partial charge in [0.05, 0.1) is 0 Å². The van der Waals surface area contributed by atoms with Crippen LogP contribution in [0.1, 0.15) is 24.5 Å². The van der Waals surface area contributed by atoms with E-state index in [-0.39, 0.29) is 0 Å². The van der Waals surface area contributed by atoms with Crippen molar-refractivity contribution in [2.75, 3.05) is 13.7 Å². The van der Waals surface area contributed by atoms with Gasteiger partial charge in [0, 0.05) is 13.7 Å². The highest BCUT2D eigenvalue weighted by Gasteiger charge is 2.26. The van der Waals surface area contributed by atoms with Crippen molar-refractivity contribution in [3.63, 3.8) is 0 Å². The van der Waals surface area contributed by atoms with Gasteiger partial charge in [-0.2, -0.15) is 0 Å². The molecule has 0 amide bonds. The lowest BCUT2D eigenvalue weighted by atomic mass is 10.1. The fourth-order valence-electron chi connectivity index (χ4n) is 1.69. The summed E-state index contributed by atoms with van der Waals surface area (Å²) in [5.74, 6) is 0. The molecule has 0 N–H and O–H groups in total. The highest BCUT2D eigenvalue weighted by molar-refractivity contribution is 6.65. The number of benzene rings is 1. The van der Waals surface area contributed by atoms with Crippen molar-refractivity contribution in [2.45, 2.75) is 32.4 Å². The van der Waals surface area contributed by atoms with Crippen molar-refractivity contribution >= 4 is 14.6 Å². The summed E-state index contributed by atoms with van der Waals surface area (Å²) >= 11 is 0. The van der Waals surface area contributed by atoms with E-state index >= 15 is 0 Å². The van der Waals surface area contributed by atoms with Crippen molar-refractivity contribution in [3.05, 3.63) is 42.0 Å². The molecule has 1 atom stereocenters. The van der Waals surface area contributed by atoms with Crippen LogP contribution in [0.2, 0.25) is 12.6 Å². The van der Waals surface area contributed by atoms with Gasteiger partial charge in [0.2, 0.25) is 0 Å². The average Bonchev–Trinajstić information content (AvgIpc) is 2.44. The van der Waals surface area contributed by atoms with Crippen LogP contribution in [-0.4, -0.2) is 22.3 Å². The monoisotopic (exact) mass is 264 g/mol. The predicted octanol–water partition coefficient (Wildman–Crippen LogP) is 4.02. The van der Waals surface area contributed by atoms with Crippen LogP contribution < -0.4 is 0 Å². The molecule has 18 heavy (non-hydrogen) atoms. The van der Waals surface area contributed by atoms with Crippen LogP contribution in [-0.2, 0) is 15.3 Å². The largest absolute Gasteiger partial charge is 0.398 e. The number of aryl methyl sites for hydroxylation is 1. The molecule has 1 rings (SSSR count). The third-order valence-electron chi connectivity index (χ3n) is 3.31. The molecule has 0 aliphatic carbocycles. The van der Waals surface area contributed by atoms with Gasteiger partial charge in [-0.05, 0) is 36.6 Å². The van der Waals surface area contributed by atoms with Gasteiger partial charge in [0.15, 0.2) is 0 Å². The lowest BCUT2D eigenvalue weighted by molar-refractivity contribution is 0.203. The van der Waals surface area contributed by atoms with E-state index < -0.39 is 8.56 Å². The Morgan fingerprint density at radius 2 is 1.94 bits per heavy atom. The van der Waals surface area contributed by atoms with Crippen molar-refractivity contribution in [1.29, 1.82) is 0 Å². The molecule has 1 unspecified atom stereocenters. The van der Waals surface area contributed by atoms with Crippen LogP contribution in [0.3, 0.4) is 0 Å². The zero-order chi connectivity index (χ0) is 13.4. The quantitative estimate of drug-likeness (QED) is 0.521. The molecule has 0 fully saturated rings. The van der Waals surface area contributed by atoms with Crippen LogP contribution >= 0.6 is 0 Å². The first-order valence-corrected chi connectivity index (χ1v) is 9.06. The highest BCUT2D eigenvalue weighted by Crippen LogP contribution is 2.13. The van der Waals surface area contributed by atoms with Crippen LogP contribution in [0.5, 0.6) is 0 Å². The second-order valence-electron chi connectivity index (χ2n) is 4.59. The number of rotatable bonds is 8. The Morgan fingerprint density at radius 3 is 2.44 bits per heavy atom. The Balaban J connectivity index is 2.31. The number of hydrogen-bond donors (Lipinski definition) is 0. The smallest absolute Gasteiger partial charge is 0.334 e. The molecule has 100 valence electrons. The third-order valence-corrected chi connectivity index (χ3v) is 6.27. The van der Waals surface area contributed by atoms with E-state index in [2.05, 4.69) is 44.3 Å². The lowest BCUT2D eigenvalue weighted by Crippen LogP contribution is -2.36. The van der Waals surface area contributed by atoms with Crippen molar-refractivity contribution < 1.29 is 8.85 Å². The summed E-state index contributed by atoms with van der Waals surface area (Å²) in [5, 5.41) is 0. The van der Waals surface area contributed by atoms with Gasteiger partial charge in [-0.1, -0.05) is 43.8 Å². The van der Waals surface area contributed by atoms with E-state index in [1.54, 1.807) is 7.11 Å². The molecule has 0 aliphatic heterocycles. The fourth-order valence-corrected chi connectivity index (χ4v) is 2.88. The molecule has 2 nitrogen and oxygen atoms in total. The Kier molecular flexibility index (Phi) is 6.33. The van der Waals surface area contributed by atoms with E-state index in [1.807, 2.05) is 6.08 Å². The Morgan fingerprint density at radius 1 is 1.28 bits per heavy atom. The summed E-state index contributed by atoms with van der Waals surface area (Å²) in [4.78, 5) is 0. The van der Waals surface area contributed by atoms with E-state index in [0.717, 1.165) is 25.5 Å².